The van der Waals surface area contributed by atoms with E-state index in [0.717, 1.165) is 41.5 Å². The van der Waals surface area contributed by atoms with Gasteiger partial charge in [0.15, 0.2) is 11.9 Å². The molecule has 3 aromatic carbocycles. The van der Waals surface area contributed by atoms with Gasteiger partial charge in [-0.05, 0) is 68.9 Å². The van der Waals surface area contributed by atoms with Gasteiger partial charge in [-0.25, -0.2) is 9.59 Å². The lowest BCUT2D eigenvalue weighted by molar-refractivity contribution is -0.171. The molecular weight excluding hydrogens is 598 g/mol. The summed E-state index contributed by atoms with van der Waals surface area (Å²) in [5, 5.41) is 12.0. The zero-order valence-corrected chi connectivity index (χ0v) is 27.5. The van der Waals surface area contributed by atoms with E-state index in [9.17, 15) is 24.0 Å². The highest BCUT2D eigenvalue weighted by molar-refractivity contribution is 5.98. The van der Waals surface area contributed by atoms with Crippen molar-refractivity contribution < 1.29 is 38.6 Å². The number of ketones is 2. The van der Waals surface area contributed by atoms with Gasteiger partial charge >= 0.3 is 11.9 Å². The third kappa shape index (κ3) is 13.3. The number of ether oxygens (including phenoxy) is 2. The van der Waals surface area contributed by atoms with Crippen LogP contribution in [-0.4, -0.2) is 53.3 Å². The van der Waals surface area contributed by atoms with Crippen LogP contribution in [0.5, 0.6) is 0 Å². The summed E-state index contributed by atoms with van der Waals surface area (Å²) in [6, 6.07) is 22.5. The third-order valence-corrected chi connectivity index (χ3v) is 7.67. The average molecular weight is 644 g/mol. The highest BCUT2D eigenvalue weighted by Gasteiger charge is 2.21. The van der Waals surface area contributed by atoms with E-state index in [-0.39, 0.29) is 24.1 Å². The van der Waals surface area contributed by atoms with Gasteiger partial charge in [-0.2, -0.15) is 0 Å². The Bertz CT molecular complexity index is 1480. The van der Waals surface area contributed by atoms with Gasteiger partial charge in [0.05, 0.1) is 6.61 Å². The summed E-state index contributed by atoms with van der Waals surface area (Å²) in [4.78, 5) is 60.8. The highest BCUT2D eigenvalue weighted by Crippen LogP contribution is 2.14. The first-order chi connectivity index (χ1) is 22.5. The summed E-state index contributed by atoms with van der Waals surface area (Å²) >= 11 is 0. The van der Waals surface area contributed by atoms with Gasteiger partial charge in [-0.3, -0.25) is 14.4 Å². The molecule has 9 heteroatoms. The maximum atomic E-state index is 12.8. The van der Waals surface area contributed by atoms with Crippen molar-refractivity contribution in [2.75, 3.05) is 6.61 Å². The number of carbonyl (C=O) groups is 5. The molecule has 2 atom stereocenters. The first-order valence-corrected chi connectivity index (χ1v) is 16.1. The summed E-state index contributed by atoms with van der Waals surface area (Å²) in [7, 11) is 0. The summed E-state index contributed by atoms with van der Waals surface area (Å²) in [5.41, 5.74) is 5.19. The van der Waals surface area contributed by atoms with E-state index in [1.165, 1.54) is 13.8 Å². The Labute approximate surface area is 276 Å². The number of aliphatic hydroxyl groups is 1. The number of carbonyl (C=O) groups excluding carboxylic acids is 5. The number of amides is 1. The molecule has 2 N–H and O–H groups in total. The van der Waals surface area contributed by atoms with Crippen LogP contribution in [0, 0.1) is 6.92 Å². The standard InChI is InChI=1S/C38H45NO8/c1-26-9-11-31(12-10-26)25-39-36(43)33-20-18-32(19-21-33)35(42)22-17-29-13-15-30(16-14-29)24-34(41)8-6-4-5-7-23-46-38(45)28(3)47-37(44)27(2)40/h9-16,18-21,27-28,40H,4-8,17,22-25H2,1-3H3,(H,39,43). The topological polar surface area (TPSA) is 136 Å². The molecule has 250 valence electrons. The molecule has 3 rings (SSSR count). The van der Waals surface area contributed by atoms with E-state index in [1.807, 2.05) is 55.5 Å². The van der Waals surface area contributed by atoms with Crippen molar-refractivity contribution in [3.05, 3.63) is 106 Å². The molecule has 0 aliphatic carbocycles. The van der Waals surface area contributed by atoms with Crippen LogP contribution in [0.3, 0.4) is 0 Å². The van der Waals surface area contributed by atoms with Crippen molar-refractivity contribution >= 4 is 29.4 Å². The van der Waals surface area contributed by atoms with Crippen LogP contribution >= 0.6 is 0 Å². The van der Waals surface area contributed by atoms with Gasteiger partial charge < -0.3 is 19.9 Å². The molecule has 0 heterocycles. The fourth-order valence-electron chi connectivity index (χ4n) is 4.73. The number of esters is 2. The molecule has 0 radical (unpaired) electrons. The second kappa shape index (κ2) is 19.1. The van der Waals surface area contributed by atoms with Gasteiger partial charge in [0.25, 0.3) is 5.91 Å². The van der Waals surface area contributed by atoms with E-state index in [4.69, 9.17) is 14.6 Å². The number of hydrogen-bond acceptors (Lipinski definition) is 8. The van der Waals surface area contributed by atoms with Crippen molar-refractivity contribution in [1.82, 2.24) is 5.32 Å². The van der Waals surface area contributed by atoms with Crippen LogP contribution < -0.4 is 5.32 Å². The lowest BCUT2D eigenvalue weighted by Crippen LogP contribution is -2.30. The van der Waals surface area contributed by atoms with Crippen molar-refractivity contribution in [1.29, 1.82) is 0 Å². The summed E-state index contributed by atoms with van der Waals surface area (Å²) in [5.74, 6) is -1.57. The Balaban J connectivity index is 1.28. The van der Waals surface area contributed by atoms with Crippen molar-refractivity contribution in [2.45, 2.75) is 90.9 Å². The van der Waals surface area contributed by atoms with Crippen LogP contribution in [0.25, 0.3) is 0 Å². The Hall–Kier alpha value is -4.63. The summed E-state index contributed by atoms with van der Waals surface area (Å²) < 4.78 is 9.88. The number of benzene rings is 3. The first-order valence-electron chi connectivity index (χ1n) is 16.1. The lowest BCUT2D eigenvalue weighted by Gasteiger charge is -2.13. The molecule has 2 unspecified atom stereocenters. The van der Waals surface area contributed by atoms with Crippen LogP contribution in [0.15, 0.2) is 72.8 Å². The van der Waals surface area contributed by atoms with E-state index < -0.39 is 24.1 Å². The Morgan fingerprint density at radius 3 is 1.96 bits per heavy atom. The van der Waals surface area contributed by atoms with Gasteiger partial charge in [0, 0.05) is 36.9 Å². The first kappa shape index (κ1) is 36.8. The molecule has 3 aromatic rings. The number of rotatable bonds is 19. The van der Waals surface area contributed by atoms with E-state index >= 15 is 0 Å². The van der Waals surface area contributed by atoms with Crippen LogP contribution in [-0.2, 0) is 43.2 Å². The molecule has 0 bridgehead atoms. The van der Waals surface area contributed by atoms with E-state index in [2.05, 4.69) is 5.32 Å². The number of aliphatic hydroxyl groups excluding tert-OH is 1. The second-order valence-electron chi connectivity index (χ2n) is 11.8. The maximum absolute atomic E-state index is 12.8. The Kier molecular flexibility index (Phi) is 15.0. The minimum atomic E-state index is -1.30. The average Bonchev–Trinajstić information content (AvgIpc) is 3.06. The number of Topliss-reactive ketones (excluding diaryl/α,β-unsaturated/α-hetero) is 2. The minimum absolute atomic E-state index is 0.00167. The predicted molar refractivity (Wildman–Crippen MR) is 178 cm³/mol. The van der Waals surface area contributed by atoms with E-state index in [0.29, 0.717) is 49.8 Å². The molecule has 47 heavy (non-hydrogen) atoms. The van der Waals surface area contributed by atoms with Crippen molar-refractivity contribution in [3.8, 4) is 0 Å². The molecule has 0 saturated carbocycles. The Morgan fingerprint density at radius 2 is 1.30 bits per heavy atom. The molecule has 0 saturated heterocycles. The lowest BCUT2D eigenvalue weighted by atomic mass is 9.99. The molecule has 0 aliphatic rings. The van der Waals surface area contributed by atoms with E-state index in [1.54, 1.807) is 24.3 Å². The molecule has 9 nitrogen and oxygen atoms in total. The summed E-state index contributed by atoms with van der Waals surface area (Å²) in [6.07, 6.45) is 2.36. The van der Waals surface area contributed by atoms with Gasteiger partial charge in [-0.15, -0.1) is 0 Å². The third-order valence-electron chi connectivity index (χ3n) is 7.67. The van der Waals surface area contributed by atoms with Gasteiger partial charge in [0.2, 0.25) is 0 Å². The predicted octanol–water partition coefficient (Wildman–Crippen LogP) is 5.66. The van der Waals surface area contributed by atoms with Crippen LogP contribution in [0.2, 0.25) is 0 Å². The molecule has 0 aliphatic heterocycles. The fourth-order valence-corrected chi connectivity index (χ4v) is 4.73. The molecule has 0 aromatic heterocycles. The number of nitrogens with one attached hydrogen (secondary N) is 1. The Morgan fingerprint density at radius 1 is 0.702 bits per heavy atom. The van der Waals surface area contributed by atoms with Crippen molar-refractivity contribution in [2.24, 2.45) is 0 Å². The normalized spacial score (nSPS) is 12.1. The maximum Gasteiger partial charge on any atom is 0.347 e. The molecule has 0 spiro atoms. The zero-order chi connectivity index (χ0) is 34.2. The number of hydrogen-bond donors (Lipinski definition) is 2. The summed E-state index contributed by atoms with van der Waals surface area (Å²) in [6.45, 7) is 5.30. The molecular formula is C38H45NO8. The van der Waals surface area contributed by atoms with Crippen molar-refractivity contribution in [3.63, 3.8) is 0 Å². The van der Waals surface area contributed by atoms with Crippen LogP contribution in [0.1, 0.15) is 95.3 Å². The molecule has 0 fully saturated rings. The fraction of sp³-hybridized carbons (Fsp3) is 0.395. The quantitative estimate of drug-likeness (QED) is 0.0971. The largest absolute Gasteiger partial charge is 0.463 e. The highest BCUT2D eigenvalue weighted by atomic mass is 16.6. The SMILES string of the molecule is Cc1ccc(CNC(=O)c2ccc(C(=O)CCc3ccc(CC(=O)CCCCCCOC(=O)C(C)OC(=O)C(C)O)cc3)cc2)cc1. The minimum Gasteiger partial charge on any atom is -0.463 e. The van der Waals surface area contributed by atoms with Gasteiger partial charge in [-0.1, -0.05) is 79.1 Å². The zero-order valence-electron chi connectivity index (χ0n) is 27.5. The van der Waals surface area contributed by atoms with Crippen LogP contribution in [0.4, 0.5) is 0 Å². The molecule has 1 amide bonds. The number of aryl methyl sites for hydroxylation is 2. The smallest absolute Gasteiger partial charge is 0.347 e. The monoisotopic (exact) mass is 643 g/mol. The number of unbranched alkanes of at least 4 members (excludes halogenated alkanes) is 3. The second-order valence-corrected chi connectivity index (χ2v) is 11.8. The van der Waals surface area contributed by atoms with Gasteiger partial charge in [0.1, 0.15) is 11.9 Å².